The molecular weight excluding hydrogens is 490 g/mol. The summed E-state index contributed by atoms with van der Waals surface area (Å²) in [6, 6.07) is 8.59. The summed E-state index contributed by atoms with van der Waals surface area (Å²) in [6.07, 6.45) is 3.08. The predicted molar refractivity (Wildman–Crippen MR) is 105 cm³/mol. The molecule has 2 aromatic rings. The van der Waals surface area contributed by atoms with Gasteiger partial charge in [-0.15, -0.1) is 0 Å². The van der Waals surface area contributed by atoms with Crippen LogP contribution in [0.2, 0.25) is 0 Å². The number of hydrogen-bond acceptors (Lipinski definition) is 4. The number of ether oxygens (including phenoxy) is 3. The molecule has 0 aliphatic carbocycles. The van der Waals surface area contributed by atoms with E-state index in [1.54, 1.807) is 12.1 Å². The van der Waals surface area contributed by atoms with Crippen LogP contribution in [0.15, 0.2) is 45.3 Å². The molecule has 1 atom stereocenters. The van der Waals surface area contributed by atoms with Crippen molar-refractivity contribution in [2.24, 2.45) is 0 Å². The van der Waals surface area contributed by atoms with Crippen LogP contribution in [0.1, 0.15) is 19.3 Å². The van der Waals surface area contributed by atoms with Crippen molar-refractivity contribution in [1.82, 2.24) is 0 Å². The fraction of sp³-hybridized carbons (Fsp3) is 0.368. The number of halogens is 4. The van der Waals surface area contributed by atoms with E-state index in [1.807, 2.05) is 0 Å². The minimum absolute atomic E-state index is 0.0595. The predicted octanol–water partition coefficient (Wildman–Crippen LogP) is 5.80. The Morgan fingerprint density at radius 1 is 1.00 bits per heavy atom. The Labute approximate surface area is 173 Å². The minimum Gasteiger partial charge on any atom is -0.508 e. The molecule has 2 aromatic carbocycles. The Morgan fingerprint density at radius 3 is 2.30 bits per heavy atom. The summed E-state index contributed by atoms with van der Waals surface area (Å²) >= 11 is 6.03. The first-order chi connectivity index (χ1) is 13.0. The highest BCUT2D eigenvalue weighted by Crippen LogP contribution is 2.21. The quantitative estimate of drug-likeness (QED) is 0.517. The topological polar surface area (TPSA) is 47.9 Å². The smallest absolute Gasteiger partial charge is 0.157 e. The van der Waals surface area contributed by atoms with Crippen LogP contribution in [0, 0.1) is 11.6 Å². The number of benzene rings is 2. The number of phenolic OH excluding ortho intramolecular Hbond substituents is 1. The van der Waals surface area contributed by atoms with Gasteiger partial charge >= 0.3 is 0 Å². The summed E-state index contributed by atoms with van der Waals surface area (Å²) in [5.41, 5.74) is 0. The summed E-state index contributed by atoms with van der Waals surface area (Å²) in [5, 5.41) is 8.68. The highest BCUT2D eigenvalue weighted by molar-refractivity contribution is 9.10. The van der Waals surface area contributed by atoms with Crippen LogP contribution in [-0.2, 0) is 9.47 Å². The molecule has 1 fully saturated rings. The van der Waals surface area contributed by atoms with Gasteiger partial charge in [-0.25, -0.2) is 8.78 Å². The third-order valence-corrected chi connectivity index (χ3v) is 4.87. The van der Waals surface area contributed by atoms with Crippen molar-refractivity contribution in [3.8, 4) is 11.5 Å². The molecule has 0 aromatic heterocycles. The third-order valence-electron chi connectivity index (χ3n) is 3.59. The van der Waals surface area contributed by atoms with E-state index in [9.17, 15) is 8.78 Å². The Balaban J connectivity index is 0.000000244. The zero-order valence-electron chi connectivity index (χ0n) is 14.5. The average molecular weight is 510 g/mol. The Bertz CT molecular complexity index is 725. The largest absolute Gasteiger partial charge is 0.508 e. The van der Waals surface area contributed by atoms with Crippen molar-refractivity contribution in [1.29, 1.82) is 0 Å². The summed E-state index contributed by atoms with van der Waals surface area (Å²) in [4.78, 5) is 0. The van der Waals surface area contributed by atoms with E-state index in [2.05, 4.69) is 31.9 Å². The molecule has 0 amide bonds. The lowest BCUT2D eigenvalue weighted by Gasteiger charge is -2.22. The Morgan fingerprint density at radius 2 is 1.70 bits per heavy atom. The SMILES string of the molecule is Fc1cc(OCCOC2CCCCO2)ccc1Br.Oc1ccc(Br)c(F)c1. The molecule has 1 aliphatic rings. The fourth-order valence-electron chi connectivity index (χ4n) is 2.23. The van der Waals surface area contributed by atoms with Crippen LogP contribution < -0.4 is 4.74 Å². The van der Waals surface area contributed by atoms with Gasteiger partial charge in [0, 0.05) is 18.7 Å². The van der Waals surface area contributed by atoms with Crippen LogP contribution in [0.3, 0.4) is 0 Å². The van der Waals surface area contributed by atoms with Gasteiger partial charge in [0.2, 0.25) is 0 Å². The molecule has 1 saturated heterocycles. The molecule has 4 nitrogen and oxygen atoms in total. The molecule has 0 spiro atoms. The molecule has 0 radical (unpaired) electrons. The zero-order valence-corrected chi connectivity index (χ0v) is 17.6. The molecule has 3 rings (SSSR count). The van der Waals surface area contributed by atoms with Gasteiger partial charge in [0.1, 0.15) is 29.7 Å². The maximum absolute atomic E-state index is 13.2. The lowest BCUT2D eigenvalue weighted by atomic mass is 10.2. The van der Waals surface area contributed by atoms with E-state index >= 15 is 0 Å². The zero-order chi connectivity index (χ0) is 19.6. The van der Waals surface area contributed by atoms with Gasteiger partial charge in [-0.1, -0.05) is 0 Å². The molecule has 1 N–H and O–H groups in total. The number of phenols is 1. The lowest BCUT2D eigenvalue weighted by Crippen LogP contribution is -2.24. The van der Waals surface area contributed by atoms with E-state index in [0.717, 1.165) is 31.9 Å². The van der Waals surface area contributed by atoms with Gasteiger partial charge < -0.3 is 19.3 Å². The minimum atomic E-state index is -0.449. The van der Waals surface area contributed by atoms with E-state index in [-0.39, 0.29) is 17.9 Å². The second-order valence-corrected chi connectivity index (χ2v) is 7.40. The van der Waals surface area contributed by atoms with Gasteiger partial charge in [0.25, 0.3) is 0 Å². The van der Waals surface area contributed by atoms with Crippen LogP contribution in [0.5, 0.6) is 11.5 Å². The highest BCUT2D eigenvalue weighted by Gasteiger charge is 2.13. The average Bonchev–Trinajstić information content (AvgIpc) is 2.66. The second kappa shape index (κ2) is 11.6. The maximum atomic E-state index is 13.2. The summed E-state index contributed by atoms with van der Waals surface area (Å²) in [5.74, 6) is -0.335. The van der Waals surface area contributed by atoms with E-state index in [4.69, 9.17) is 19.3 Å². The monoisotopic (exact) mass is 508 g/mol. The highest BCUT2D eigenvalue weighted by atomic mass is 79.9. The van der Waals surface area contributed by atoms with Gasteiger partial charge in [-0.2, -0.15) is 0 Å². The van der Waals surface area contributed by atoms with Crippen LogP contribution >= 0.6 is 31.9 Å². The first-order valence-electron chi connectivity index (χ1n) is 8.41. The molecule has 148 valence electrons. The first-order valence-corrected chi connectivity index (χ1v) is 9.99. The maximum Gasteiger partial charge on any atom is 0.157 e. The van der Waals surface area contributed by atoms with Gasteiger partial charge in [0.15, 0.2) is 6.29 Å². The molecule has 1 heterocycles. The third kappa shape index (κ3) is 8.13. The van der Waals surface area contributed by atoms with E-state index < -0.39 is 5.82 Å². The molecule has 0 bridgehead atoms. The molecule has 8 heteroatoms. The number of aromatic hydroxyl groups is 1. The van der Waals surface area contributed by atoms with Crippen molar-refractivity contribution in [2.45, 2.75) is 25.6 Å². The van der Waals surface area contributed by atoms with Crippen molar-refractivity contribution in [3.05, 3.63) is 57.0 Å². The number of rotatable bonds is 5. The van der Waals surface area contributed by atoms with Gasteiger partial charge in [-0.05, 0) is 75.4 Å². The summed E-state index contributed by atoms with van der Waals surface area (Å²) < 4.78 is 42.7. The first kappa shape index (κ1) is 22.1. The molecule has 1 unspecified atom stereocenters. The van der Waals surface area contributed by atoms with Crippen molar-refractivity contribution < 1.29 is 28.1 Å². The lowest BCUT2D eigenvalue weighted by molar-refractivity contribution is -0.165. The normalized spacial score (nSPS) is 16.4. The standard InChI is InChI=1S/C13H16BrFO3.C6H4BrFO/c14-11-5-4-10(9-12(11)15)16-7-8-18-13-3-1-2-6-17-13;7-5-2-1-4(9)3-6(5)8/h4-5,9,13H,1-3,6-8H2;1-3,9H. The van der Waals surface area contributed by atoms with Crippen molar-refractivity contribution in [3.63, 3.8) is 0 Å². The van der Waals surface area contributed by atoms with E-state index in [0.29, 0.717) is 27.9 Å². The van der Waals surface area contributed by atoms with Crippen molar-refractivity contribution >= 4 is 31.9 Å². The molecule has 1 aliphatic heterocycles. The van der Waals surface area contributed by atoms with Crippen LogP contribution in [-0.4, -0.2) is 31.2 Å². The van der Waals surface area contributed by atoms with Crippen LogP contribution in [0.25, 0.3) is 0 Å². The molecule has 27 heavy (non-hydrogen) atoms. The van der Waals surface area contributed by atoms with Crippen LogP contribution in [0.4, 0.5) is 8.78 Å². The van der Waals surface area contributed by atoms with Gasteiger partial charge in [0.05, 0.1) is 15.6 Å². The summed E-state index contributed by atoms with van der Waals surface area (Å²) in [7, 11) is 0. The Hall–Kier alpha value is -1.22. The molecular formula is C19H20Br2F2O4. The molecule has 0 saturated carbocycles. The number of hydrogen-bond donors (Lipinski definition) is 1. The van der Waals surface area contributed by atoms with Crippen molar-refractivity contribution in [2.75, 3.05) is 19.8 Å². The second-order valence-electron chi connectivity index (χ2n) is 5.69. The van der Waals surface area contributed by atoms with E-state index in [1.165, 1.54) is 18.2 Å². The Kier molecular flexibility index (Phi) is 9.47. The summed E-state index contributed by atoms with van der Waals surface area (Å²) in [6.45, 7) is 1.60. The van der Waals surface area contributed by atoms with Gasteiger partial charge in [-0.3, -0.25) is 0 Å². The fourth-order valence-corrected chi connectivity index (χ4v) is 2.73.